The molecule has 0 aliphatic heterocycles. The highest BCUT2D eigenvalue weighted by Gasteiger charge is 2.13. The summed E-state index contributed by atoms with van der Waals surface area (Å²) in [6.07, 6.45) is 1.71. The van der Waals surface area contributed by atoms with Gasteiger partial charge in [0, 0.05) is 21.9 Å². The fourth-order valence-electron chi connectivity index (χ4n) is 2.14. The minimum absolute atomic E-state index is 0.173. The van der Waals surface area contributed by atoms with E-state index in [1.165, 1.54) is 19.1 Å². The van der Waals surface area contributed by atoms with Gasteiger partial charge in [0.15, 0.2) is 0 Å². The SMILES string of the molecule is Cc1cc(F)c(-c2cn3c(C)c(Br)ccc3n2)cc1F. The molecule has 0 radical (unpaired) electrons. The van der Waals surface area contributed by atoms with Crippen LogP contribution in [-0.2, 0) is 0 Å². The zero-order chi connectivity index (χ0) is 14.4. The van der Waals surface area contributed by atoms with Crippen LogP contribution in [0.25, 0.3) is 16.9 Å². The Bertz CT molecular complexity index is 824. The lowest BCUT2D eigenvalue weighted by molar-refractivity contribution is 0.595. The van der Waals surface area contributed by atoms with Gasteiger partial charge in [0.25, 0.3) is 0 Å². The summed E-state index contributed by atoms with van der Waals surface area (Å²) in [5.74, 6) is -0.902. The molecule has 0 N–H and O–H groups in total. The van der Waals surface area contributed by atoms with Crippen molar-refractivity contribution in [2.45, 2.75) is 13.8 Å². The molecular weight excluding hydrogens is 326 g/mol. The average Bonchev–Trinajstić information content (AvgIpc) is 2.83. The number of halogens is 3. The molecule has 0 unspecified atom stereocenters. The van der Waals surface area contributed by atoms with Crippen LogP contribution in [0.1, 0.15) is 11.3 Å². The van der Waals surface area contributed by atoms with Crippen LogP contribution in [0.5, 0.6) is 0 Å². The van der Waals surface area contributed by atoms with Crippen LogP contribution in [-0.4, -0.2) is 9.38 Å². The molecule has 5 heteroatoms. The van der Waals surface area contributed by atoms with Gasteiger partial charge in [0.1, 0.15) is 17.3 Å². The van der Waals surface area contributed by atoms with E-state index in [2.05, 4.69) is 20.9 Å². The van der Waals surface area contributed by atoms with Gasteiger partial charge in [-0.1, -0.05) is 0 Å². The molecule has 0 aliphatic carbocycles. The summed E-state index contributed by atoms with van der Waals surface area (Å²) in [7, 11) is 0. The van der Waals surface area contributed by atoms with Gasteiger partial charge in [0.2, 0.25) is 0 Å². The molecule has 0 aliphatic rings. The quantitative estimate of drug-likeness (QED) is 0.631. The Balaban J connectivity index is 2.25. The number of pyridine rings is 1. The largest absolute Gasteiger partial charge is 0.303 e. The Hall–Kier alpha value is -1.75. The number of fused-ring (bicyclic) bond motifs is 1. The molecule has 102 valence electrons. The van der Waals surface area contributed by atoms with Crippen LogP contribution in [0.15, 0.2) is 34.9 Å². The highest BCUT2D eigenvalue weighted by Crippen LogP contribution is 2.27. The molecular formula is C15H11BrF2N2. The summed E-state index contributed by atoms with van der Waals surface area (Å²) in [5.41, 5.74) is 2.53. The van der Waals surface area contributed by atoms with E-state index in [0.717, 1.165) is 10.2 Å². The minimum atomic E-state index is -0.468. The Labute approximate surface area is 123 Å². The van der Waals surface area contributed by atoms with Gasteiger partial charge < -0.3 is 4.40 Å². The molecule has 0 amide bonds. The lowest BCUT2D eigenvalue weighted by Crippen LogP contribution is -1.90. The van der Waals surface area contributed by atoms with Gasteiger partial charge in [-0.15, -0.1) is 0 Å². The van der Waals surface area contributed by atoms with Crippen LogP contribution in [0.4, 0.5) is 8.78 Å². The van der Waals surface area contributed by atoms with Crippen LogP contribution < -0.4 is 0 Å². The van der Waals surface area contributed by atoms with Crippen molar-refractivity contribution in [2.75, 3.05) is 0 Å². The first-order valence-electron chi connectivity index (χ1n) is 6.07. The smallest absolute Gasteiger partial charge is 0.137 e. The highest BCUT2D eigenvalue weighted by molar-refractivity contribution is 9.10. The van der Waals surface area contributed by atoms with E-state index in [9.17, 15) is 8.78 Å². The fraction of sp³-hybridized carbons (Fsp3) is 0.133. The molecule has 3 rings (SSSR count). The molecule has 2 heterocycles. The second kappa shape index (κ2) is 4.66. The van der Waals surface area contributed by atoms with Crippen molar-refractivity contribution in [1.82, 2.24) is 9.38 Å². The van der Waals surface area contributed by atoms with Crippen molar-refractivity contribution in [3.8, 4) is 11.3 Å². The van der Waals surface area contributed by atoms with Crippen molar-refractivity contribution >= 4 is 21.6 Å². The van der Waals surface area contributed by atoms with Crippen LogP contribution in [0, 0.1) is 25.5 Å². The monoisotopic (exact) mass is 336 g/mol. The van der Waals surface area contributed by atoms with E-state index in [1.807, 2.05) is 23.5 Å². The van der Waals surface area contributed by atoms with E-state index in [1.54, 1.807) is 6.20 Å². The number of hydrogen-bond acceptors (Lipinski definition) is 1. The van der Waals surface area contributed by atoms with E-state index in [4.69, 9.17) is 0 Å². The maximum atomic E-state index is 14.0. The first-order chi connectivity index (χ1) is 9.47. The molecule has 3 aromatic rings. The van der Waals surface area contributed by atoms with E-state index < -0.39 is 11.6 Å². The fourth-order valence-corrected chi connectivity index (χ4v) is 2.46. The van der Waals surface area contributed by atoms with Crippen molar-refractivity contribution in [3.05, 3.63) is 57.8 Å². The zero-order valence-corrected chi connectivity index (χ0v) is 12.5. The van der Waals surface area contributed by atoms with Gasteiger partial charge >= 0.3 is 0 Å². The highest BCUT2D eigenvalue weighted by atomic mass is 79.9. The van der Waals surface area contributed by atoms with Gasteiger partial charge in [-0.2, -0.15) is 0 Å². The van der Waals surface area contributed by atoms with E-state index in [0.29, 0.717) is 11.3 Å². The van der Waals surface area contributed by atoms with Gasteiger partial charge in [0.05, 0.1) is 5.69 Å². The van der Waals surface area contributed by atoms with Gasteiger partial charge in [-0.05, 0) is 59.6 Å². The summed E-state index contributed by atoms with van der Waals surface area (Å²) >= 11 is 3.43. The normalized spacial score (nSPS) is 11.2. The molecule has 0 spiro atoms. The van der Waals surface area contributed by atoms with E-state index >= 15 is 0 Å². The number of imidazole rings is 1. The summed E-state index contributed by atoms with van der Waals surface area (Å²) in [4.78, 5) is 4.35. The summed E-state index contributed by atoms with van der Waals surface area (Å²) < 4.78 is 30.4. The second-order valence-electron chi connectivity index (χ2n) is 4.70. The average molecular weight is 337 g/mol. The van der Waals surface area contributed by atoms with Crippen LogP contribution in [0.3, 0.4) is 0 Å². The third-order valence-electron chi connectivity index (χ3n) is 3.34. The summed E-state index contributed by atoms with van der Waals surface area (Å²) in [6, 6.07) is 6.09. The standard InChI is InChI=1S/C15H11BrF2N2/c1-8-5-13(18)10(6-12(8)17)14-7-20-9(2)11(16)3-4-15(20)19-14/h3-7H,1-2H3. The van der Waals surface area contributed by atoms with Crippen molar-refractivity contribution in [3.63, 3.8) is 0 Å². The molecule has 0 saturated carbocycles. The molecule has 0 saturated heterocycles. The first-order valence-corrected chi connectivity index (χ1v) is 6.87. The lowest BCUT2D eigenvalue weighted by Gasteiger charge is -2.02. The molecule has 0 atom stereocenters. The Morgan fingerprint density at radius 3 is 2.60 bits per heavy atom. The number of rotatable bonds is 1. The third kappa shape index (κ3) is 2.02. The van der Waals surface area contributed by atoms with Gasteiger partial charge in [-0.25, -0.2) is 13.8 Å². The van der Waals surface area contributed by atoms with Crippen molar-refractivity contribution in [2.24, 2.45) is 0 Å². The maximum absolute atomic E-state index is 14.0. The molecule has 1 aromatic carbocycles. The summed E-state index contributed by atoms with van der Waals surface area (Å²) in [5, 5.41) is 0. The Kier molecular flexibility index (Phi) is 3.09. The molecule has 20 heavy (non-hydrogen) atoms. The number of aromatic nitrogens is 2. The number of hydrogen-bond donors (Lipinski definition) is 0. The van der Waals surface area contributed by atoms with E-state index in [-0.39, 0.29) is 11.1 Å². The molecule has 0 bridgehead atoms. The van der Waals surface area contributed by atoms with Crippen molar-refractivity contribution < 1.29 is 8.78 Å². The molecule has 2 aromatic heterocycles. The van der Waals surface area contributed by atoms with Crippen molar-refractivity contribution in [1.29, 1.82) is 0 Å². The Morgan fingerprint density at radius 1 is 1.10 bits per heavy atom. The lowest BCUT2D eigenvalue weighted by atomic mass is 10.1. The van der Waals surface area contributed by atoms with Crippen LogP contribution in [0.2, 0.25) is 0 Å². The number of benzene rings is 1. The topological polar surface area (TPSA) is 17.3 Å². The Morgan fingerprint density at radius 2 is 1.85 bits per heavy atom. The summed E-state index contributed by atoms with van der Waals surface area (Å²) in [6.45, 7) is 3.46. The minimum Gasteiger partial charge on any atom is -0.303 e. The predicted octanol–water partition coefficient (Wildman–Crippen LogP) is 4.66. The number of nitrogens with zero attached hydrogens (tertiary/aromatic N) is 2. The molecule has 2 nitrogen and oxygen atoms in total. The first kappa shape index (κ1) is 13.2. The molecule has 0 fully saturated rings. The van der Waals surface area contributed by atoms with Gasteiger partial charge in [-0.3, -0.25) is 0 Å². The number of aryl methyl sites for hydroxylation is 2. The maximum Gasteiger partial charge on any atom is 0.137 e. The second-order valence-corrected chi connectivity index (χ2v) is 5.56. The van der Waals surface area contributed by atoms with Crippen LogP contribution >= 0.6 is 15.9 Å². The zero-order valence-electron chi connectivity index (χ0n) is 10.9. The third-order valence-corrected chi connectivity index (χ3v) is 4.18. The predicted molar refractivity (Wildman–Crippen MR) is 77.7 cm³/mol.